The molecule has 3 aromatic carbocycles. The van der Waals surface area contributed by atoms with Gasteiger partial charge in [0.05, 0.1) is 5.56 Å². The molecule has 4 nitrogen and oxygen atoms in total. The Morgan fingerprint density at radius 2 is 1.54 bits per heavy atom. The molecule has 0 spiro atoms. The first-order valence-electron chi connectivity index (χ1n) is 8.87. The molecule has 0 bridgehead atoms. The minimum atomic E-state index is -1.05. The summed E-state index contributed by atoms with van der Waals surface area (Å²) in [6.45, 7) is 0. The minimum Gasteiger partial charge on any atom is -0.479 e. The van der Waals surface area contributed by atoms with Crippen molar-refractivity contribution in [2.24, 2.45) is 0 Å². The number of carboxylic acids is 1. The summed E-state index contributed by atoms with van der Waals surface area (Å²) < 4.78 is 19.4. The highest BCUT2D eigenvalue weighted by Crippen LogP contribution is 2.19. The SMILES string of the molecule is O=C(c1ccc(OC(CCc2ccccc2)C(=O)O)cc1)c1ccccc1F. The Labute approximate surface area is 162 Å². The molecule has 0 fully saturated rings. The van der Waals surface area contributed by atoms with Crippen molar-refractivity contribution in [3.63, 3.8) is 0 Å². The smallest absolute Gasteiger partial charge is 0.344 e. The molecule has 0 saturated heterocycles. The van der Waals surface area contributed by atoms with Crippen LogP contribution in [0.4, 0.5) is 4.39 Å². The largest absolute Gasteiger partial charge is 0.479 e. The van der Waals surface area contributed by atoms with Gasteiger partial charge in [0.2, 0.25) is 0 Å². The molecule has 1 N–H and O–H groups in total. The maximum Gasteiger partial charge on any atom is 0.344 e. The van der Waals surface area contributed by atoms with Crippen molar-refractivity contribution in [3.05, 3.63) is 101 Å². The first-order chi connectivity index (χ1) is 13.5. The van der Waals surface area contributed by atoms with Crippen molar-refractivity contribution in [3.8, 4) is 5.75 Å². The maximum absolute atomic E-state index is 13.8. The topological polar surface area (TPSA) is 63.6 Å². The Morgan fingerprint density at radius 1 is 0.893 bits per heavy atom. The van der Waals surface area contributed by atoms with Crippen molar-refractivity contribution in [2.75, 3.05) is 0 Å². The van der Waals surface area contributed by atoms with Crippen LogP contribution in [0.1, 0.15) is 27.9 Å². The van der Waals surface area contributed by atoms with Gasteiger partial charge in [-0.25, -0.2) is 9.18 Å². The predicted molar refractivity (Wildman–Crippen MR) is 103 cm³/mol. The van der Waals surface area contributed by atoms with Crippen LogP contribution in [0.3, 0.4) is 0 Å². The molecule has 142 valence electrons. The Hall–Kier alpha value is -3.47. The van der Waals surface area contributed by atoms with Gasteiger partial charge < -0.3 is 9.84 Å². The lowest BCUT2D eigenvalue weighted by Gasteiger charge is -2.15. The normalized spacial score (nSPS) is 11.6. The van der Waals surface area contributed by atoms with Gasteiger partial charge in [0, 0.05) is 5.56 Å². The summed E-state index contributed by atoms with van der Waals surface area (Å²) in [6, 6.07) is 21.4. The van der Waals surface area contributed by atoms with Gasteiger partial charge in [0.25, 0.3) is 0 Å². The van der Waals surface area contributed by atoms with Gasteiger partial charge in [-0.1, -0.05) is 42.5 Å². The second-order valence-electron chi connectivity index (χ2n) is 6.30. The van der Waals surface area contributed by atoms with Crippen molar-refractivity contribution in [1.82, 2.24) is 0 Å². The van der Waals surface area contributed by atoms with Gasteiger partial charge in [-0.2, -0.15) is 0 Å². The number of halogens is 1. The maximum atomic E-state index is 13.8. The van der Waals surface area contributed by atoms with Crippen LogP contribution in [0.2, 0.25) is 0 Å². The van der Waals surface area contributed by atoms with E-state index in [1.165, 1.54) is 42.5 Å². The summed E-state index contributed by atoms with van der Waals surface area (Å²) in [7, 11) is 0. The Balaban J connectivity index is 1.67. The number of hydrogen-bond donors (Lipinski definition) is 1. The molecule has 0 radical (unpaired) electrons. The highest BCUT2D eigenvalue weighted by atomic mass is 19.1. The highest BCUT2D eigenvalue weighted by molar-refractivity contribution is 6.09. The minimum absolute atomic E-state index is 0.0116. The molecule has 0 aromatic heterocycles. The molecule has 0 aliphatic carbocycles. The third-order valence-electron chi connectivity index (χ3n) is 4.33. The van der Waals surface area contributed by atoms with Crippen LogP contribution in [0.5, 0.6) is 5.75 Å². The van der Waals surface area contributed by atoms with Crippen LogP contribution < -0.4 is 4.74 Å². The van der Waals surface area contributed by atoms with E-state index in [9.17, 15) is 19.1 Å². The lowest BCUT2D eigenvalue weighted by Crippen LogP contribution is -2.27. The number of aliphatic carboxylic acids is 1. The number of rotatable bonds is 8. The Morgan fingerprint density at radius 3 is 2.18 bits per heavy atom. The van der Waals surface area contributed by atoms with Crippen molar-refractivity contribution in [1.29, 1.82) is 0 Å². The number of carbonyl (C=O) groups excluding carboxylic acids is 1. The van der Waals surface area contributed by atoms with E-state index in [1.54, 1.807) is 6.07 Å². The third kappa shape index (κ3) is 4.82. The summed E-state index contributed by atoms with van der Waals surface area (Å²) in [5.74, 6) is -1.74. The third-order valence-corrected chi connectivity index (χ3v) is 4.33. The zero-order valence-corrected chi connectivity index (χ0v) is 15.0. The van der Waals surface area contributed by atoms with Gasteiger partial charge >= 0.3 is 5.97 Å². The molecular formula is C23H19FO4. The van der Waals surface area contributed by atoms with Crippen LogP contribution in [0.15, 0.2) is 78.9 Å². The number of benzene rings is 3. The first kappa shape index (κ1) is 19.3. The molecular weight excluding hydrogens is 359 g/mol. The lowest BCUT2D eigenvalue weighted by molar-refractivity contribution is -0.145. The number of ketones is 1. The molecule has 0 heterocycles. The molecule has 0 amide bonds. The van der Waals surface area contributed by atoms with E-state index in [2.05, 4.69) is 0 Å². The lowest BCUT2D eigenvalue weighted by atomic mass is 10.0. The Kier molecular flexibility index (Phi) is 6.17. The summed E-state index contributed by atoms with van der Waals surface area (Å²) >= 11 is 0. The predicted octanol–water partition coefficient (Wildman–Crippen LogP) is 4.52. The molecule has 28 heavy (non-hydrogen) atoms. The summed E-state index contributed by atoms with van der Waals surface area (Å²) in [4.78, 5) is 23.9. The second-order valence-corrected chi connectivity index (χ2v) is 6.30. The molecule has 0 saturated carbocycles. The second kappa shape index (κ2) is 8.95. The van der Waals surface area contributed by atoms with E-state index in [-0.39, 0.29) is 5.56 Å². The van der Waals surface area contributed by atoms with Gasteiger partial charge in [0.1, 0.15) is 11.6 Å². The van der Waals surface area contributed by atoms with Crippen LogP contribution in [-0.4, -0.2) is 23.0 Å². The van der Waals surface area contributed by atoms with Gasteiger partial charge in [-0.05, 0) is 54.8 Å². The van der Waals surface area contributed by atoms with E-state index in [1.807, 2.05) is 30.3 Å². The number of carbonyl (C=O) groups is 2. The molecule has 3 aromatic rings. The van der Waals surface area contributed by atoms with Crippen LogP contribution in [0.25, 0.3) is 0 Å². The molecule has 1 unspecified atom stereocenters. The zero-order valence-electron chi connectivity index (χ0n) is 15.0. The molecule has 1 atom stereocenters. The van der Waals surface area contributed by atoms with Gasteiger partial charge in [0.15, 0.2) is 11.9 Å². The summed E-state index contributed by atoms with van der Waals surface area (Å²) in [5, 5.41) is 9.41. The molecule has 0 aliphatic heterocycles. The van der Waals surface area contributed by atoms with Crippen molar-refractivity contribution < 1.29 is 23.8 Å². The zero-order chi connectivity index (χ0) is 19.9. The quantitative estimate of drug-likeness (QED) is 0.585. The summed E-state index contributed by atoms with van der Waals surface area (Å²) in [6.07, 6.45) is -0.120. The van der Waals surface area contributed by atoms with E-state index >= 15 is 0 Å². The van der Waals surface area contributed by atoms with E-state index in [0.29, 0.717) is 24.2 Å². The van der Waals surface area contributed by atoms with Crippen LogP contribution in [-0.2, 0) is 11.2 Å². The van der Waals surface area contributed by atoms with E-state index in [4.69, 9.17) is 4.74 Å². The standard InChI is InChI=1S/C23H19FO4/c24-20-9-5-4-8-19(20)22(25)17-11-13-18(14-12-17)28-21(23(26)27)15-10-16-6-2-1-3-7-16/h1-9,11-14,21H,10,15H2,(H,26,27). The molecule has 5 heteroatoms. The summed E-state index contributed by atoms with van der Waals surface area (Å²) in [5.41, 5.74) is 1.32. The van der Waals surface area contributed by atoms with Crippen molar-refractivity contribution >= 4 is 11.8 Å². The van der Waals surface area contributed by atoms with Gasteiger partial charge in [-0.3, -0.25) is 4.79 Å². The average molecular weight is 378 g/mol. The fourth-order valence-corrected chi connectivity index (χ4v) is 2.83. The number of hydrogen-bond acceptors (Lipinski definition) is 3. The molecule has 0 aliphatic rings. The number of aryl methyl sites for hydroxylation is 1. The van der Waals surface area contributed by atoms with Crippen LogP contribution >= 0.6 is 0 Å². The fraction of sp³-hybridized carbons (Fsp3) is 0.130. The van der Waals surface area contributed by atoms with Gasteiger partial charge in [-0.15, -0.1) is 0 Å². The molecule has 3 rings (SSSR count). The first-order valence-corrected chi connectivity index (χ1v) is 8.87. The van der Waals surface area contributed by atoms with Crippen LogP contribution in [0, 0.1) is 5.82 Å². The van der Waals surface area contributed by atoms with E-state index < -0.39 is 23.7 Å². The number of ether oxygens (including phenoxy) is 1. The van der Waals surface area contributed by atoms with Crippen molar-refractivity contribution in [2.45, 2.75) is 18.9 Å². The van der Waals surface area contributed by atoms with E-state index in [0.717, 1.165) is 5.56 Å². The fourth-order valence-electron chi connectivity index (χ4n) is 2.83. The Bertz CT molecular complexity index is 952. The monoisotopic (exact) mass is 378 g/mol. The average Bonchev–Trinajstić information content (AvgIpc) is 2.72. The highest BCUT2D eigenvalue weighted by Gasteiger charge is 2.20. The number of carboxylic acid groups (broad SMARTS) is 1.